The summed E-state index contributed by atoms with van der Waals surface area (Å²) in [4.78, 5) is 18.2. The Bertz CT molecular complexity index is 948. The van der Waals surface area contributed by atoms with Crippen LogP contribution in [0.4, 0.5) is 0 Å². The van der Waals surface area contributed by atoms with Crippen molar-refractivity contribution in [2.75, 3.05) is 13.6 Å². The van der Waals surface area contributed by atoms with Crippen molar-refractivity contribution in [3.05, 3.63) is 64.7 Å². The predicted octanol–water partition coefficient (Wildman–Crippen LogP) is 4.78. The van der Waals surface area contributed by atoms with Crippen LogP contribution in [0, 0.1) is 6.92 Å². The van der Waals surface area contributed by atoms with E-state index < -0.39 is 0 Å². The lowest BCUT2D eigenvalue weighted by Gasteiger charge is -2.18. The van der Waals surface area contributed by atoms with E-state index in [9.17, 15) is 4.79 Å². The number of halogens is 1. The molecule has 1 unspecified atom stereocenters. The van der Waals surface area contributed by atoms with Gasteiger partial charge in [-0.05, 0) is 49.4 Å². The maximum Gasteiger partial charge on any atom is 0.222 e. The van der Waals surface area contributed by atoms with Crippen LogP contribution in [-0.2, 0) is 24.4 Å². The van der Waals surface area contributed by atoms with Crippen LogP contribution >= 0.6 is 24.0 Å². The third-order valence-corrected chi connectivity index (χ3v) is 5.79. The standard InChI is InChI=1S/C26H36N4O2.HI/c1-5-20(3)32-24-14-19(2)11-12-23(24)17-29-26(27-4)28-16-21-8-6-9-22(15-21)18-30-13-7-10-25(30)31;/h6,8-9,11-12,14-15,20H,5,7,10,13,16-18H2,1-4H3,(H2,27,28,29);1H. The van der Waals surface area contributed by atoms with Gasteiger partial charge in [-0.1, -0.05) is 43.3 Å². The number of hydrogen-bond donors (Lipinski definition) is 2. The summed E-state index contributed by atoms with van der Waals surface area (Å²) in [5.41, 5.74) is 4.61. The zero-order chi connectivity index (χ0) is 22.9. The van der Waals surface area contributed by atoms with Crippen LogP contribution in [0.25, 0.3) is 0 Å². The lowest BCUT2D eigenvalue weighted by molar-refractivity contribution is -0.128. The van der Waals surface area contributed by atoms with Gasteiger partial charge in [0.25, 0.3) is 0 Å². The van der Waals surface area contributed by atoms with Gasteiger partial charge in [-0.2, -0.15) is 0 Å². The van der Waals surface area contributed by atoms with Crippen LogP contribution in [0.5, 0.6) is 5.75 Å². The second-order valence-corrected chi connectivity index (χ2v) is 8.47. The van der Waals surface area contributed by atoms with Gasteiger partial charge in [0.15, 0.2) is 5.96 Å². The number of carbonyl (C=O) groups excluding carboxylic acids is 1. The minimum atomic E-state index is 0. The third-order valence-electron chi connectivity index (χ3n) is 5.79. The number of nitrogens with one attached hydrogen (secondary N) is 2. The first-order valence-electron chi connectivity index (χ1n) is 11.5. The molecule has 1 heterocycles. The molecule has 2 aromatic rings. The molecule has 180 valence electrons. The van der Waals surface area contributed by atoms with E-state index in [1.807, 2.05) is 11.0 Å². The number of nitrogens with zero attached hydrogens (tertiary/aromatic N) is 2. The van der Waals surface area contributed by atoms with E-state index in [0.717, 1.165) is 47.8 Å². The number of aryl methyl sites for hydroxylation is 1. The van der Waals surface area contributed by atoms with Crippen molar-refractivity contribution in [3.8, 4) is 5.75 Å². The van der Waals surface area contributed by atoms with E-state index in [0.29, 0.717) is 26.1 Å². The Morgan fingerprint density at radius 1 is 1.15 bits per heavy atom. The van der Waals surface area contributed by atoms with Crippen molar-refractivity contribution in [2.45, 2.75) is 65.8 Å². The number of rotatable bonds is 9. The first-order chi connectivity index (χ1) is 15.5. The molecule has 1 atom stereocenters. The molecule has 1 fully saturated rings. The Balaban J connectivity index is 0.00000385. The molecule has 33 heavy (non-hydrogen) atoms. The van der Waals surface area contributed by atoms with Crippen molar-refractivity contribution >= 4 is 35.8 Å². The molecule has 2 aromatic carbocycles. The highest BCUT2D eigenvalue weighted by Crippen LogP contribution is 2.22. The lowest BCUT2D eigenvalue weighted by Crippen LogP contribution is -2.36. The summed E-state index contributed by atoms with van der Waals surface area (Å²) < 4.78 is 6.12. The fourth-order valence-corrected chi connectivity index (χ4v) is 3.73. The quantitative estimate of drug-likeness (QED) is 0.262. The van der Waals surface area contributed by atoms with Crippen LogP contribution in [0.1, 0.15) is 55.4 Å². The highest BCUT2D eigenvalue weighted by Gasteiger charge is 2.19. The third kappa shape index (κ3) is 8.21. The van der Waals surface area contributed by atoms with Gasteiger partial charge in [-0.15, -0.1) is 24.0 Å². The zero-order valence-electron chi connectivity index (χ0n) is 20.2. The van der Waals surface area contributed by atoms with Gasteiger partial charge in [-0.3, -0.25) is 9.79 Å². The SMILES string of the molecule is CCC(C)Oc1cc(C)ccc1CNC(=NC)NCc1cccc(CN2CCCC2=O)c1.I. The summed E-state index contributed by atoms with van der Waals surface area (Å²) in [7, 11) is 1.77. The number of hydrogen-bond acceptors (Lipinski definition) is 3. The van der Waals surface area contributed by atoms with Crippen molar-refractivity contribution in [1.82, 2.24) is 15.5 Å². The molecule has 0 bridgehead atoms. The van der Waals surface area contributed by atoms with Crippen LogP contribution in [0.15, 0.2) is 47.5 Å². The minimum Gasteiger partial charge on any atom is -0.490 e. The Morgan fingerprint density at radius 3 is 2.61 bits per heavy atom. The van der Waals surface area contributed by atoms with Gasteiger partial charge in [0.1, 0.15) is 5.75 Å². The van der Waals surface area contributed by atoms with Crippen LogP contribution in [-0.4, -0.2) is 36.5 Å². The second-order valence-electron chi connectivity index (χ2n) is 8.47. The second kappa shape index (κ2) is 13.4. The number of amides is 1. The van der Waals surface area contributed by atoms with Crippen LogP contribution in [0.3, 0.4) is 0 Å². The summed E-state index contributed by atoms with van der Waals surface area (Å²) in [5, 5.41) is 6.78. The predicted molar refractivity (Wildman–Crippen MR) is 145 cm³/mol. The van der Waals surface area contributed by atoms with Crippen molar-refractivity contribution in [3.63, 3.8) is 0 Å². The largest absolute Gasteiger partial charge is 0.490 e. The first kappa shape index (κ1) is 27.0. The highest BCUT2D eigenvalue weighted by molar-refractivity contribution is 14.0. The summed E-state index contributed by atoms with van der Waals surface area (Å²) in [5.74, 6) is 1.91. The summed E-state index contributed by atoms with van der Waals surface area (Å²) in [6.07, 6.45) is 2.78. The molecule has 1 aliphatic heterocycles. The Kier molecular flexibility index (Phi) is 11.0. The normalized spacial score (nSPS) is 14.6. The van der Waals surface area contributed by atoms with Gasteiger partial charge in [0, 0.05) is 45.2 Å². The van der Waals surface area contributed by atoms with E-state index >= 15 is 0 Å². The fourth-order valence-electron chi connectivity index (χ4n) is 3.73. The number of ether oxygens (including phenoxy) is 1. The van der Waals surface area contributed by atoms with Gasteiger partial charge in [0.2, 0.25) is 5.91 Å². The highest BCUT2D eigenvalue weighted by atomic mass is 127. The van der Waals surface area contributed by atoms with Crippen LogP contribution in [0.2, 0.25) is 0 Å². The maximum absolute atomic E-state index is 11.9. The van der Waals surface area contributed by atoms with Crippen molar-refractivity contribution < 1.29 is 9.53 Å². The maximum atomic E-state index is 11.9. The summed E-state index contributed by atoms with van der Waals surface area (Å²) in [6, 6.07) is 14.7. The first-order valence-corrected chi connectivity index (χ1v) is 11.5. The molecular formula is C26H37IN4O2. The molecule has 1 aliphatic rings. The molecule has 0 aliphatic carbocycles. The number of carbonyl (C=O) groups is 1. The molecule has 0 spiro atoms. The van der Waals surface area contributed by atoms with E-state index in [2.05, 4.69) is 72.8 Å². The smallest absolute Gasteiger partial charge is 0.222 e. The summed E-state index contributed by atoms with van der Waals surface area (Å²) in [6.45, 7) is 9.13. The molecule has 1 amide bonds. The molecule has 0 aromatic heterocycles. The average molecular weight is 565 g/mol. The number of benzene rings is 2. The van der Waals surface area contributed by atoms with Gasteiger partial charge in [-0.25, -0.2) is 0 Å². The average Bonchev–Trinajstić information content (AvgIpc) is 3.19. The van der Waals surface area contributed by atoms with Gasteiger partial charge < -0.3 is 20.3 Å². The number of aliphatic imine (C=N–C) groups is 1. The molecule has 6 nitrogen and oxygen atoms in total. The molecular weight excluding hydrogens is 527 g/mol. The van der Waals surface area contributed by atoms with Crippen molar-refractivity contribution in [1.29, 1.82) is 0 Å². The van der Waals surface area contributed by atoms with Gasteiger partial charge >= 0.3 is 0 Å². The minimum absolute atomic E-state index is 0. The van der Waals surface area contributed by atoms with E-state index in [1.54, 1.807) is 7.05 Å². The fraction of sp³-hybridized carbons (Fsp3) is 0.462. The van der Waals surface area contributed by atoms with E-state index in [4.69, 9.17) is 4.74 Å². The molecule has 0 saturated carbocycles. The molecule has 2 N–H and O–H groups in total. The summed E-state index contributed by atoms with van der Waals surface area (Å²) >= 11 is 0. The zero-order valence-corrected chi connectivity index (χ0v) is 22.5. The number of guanidine groups is 1. The molecule has 0 radical (unpaired) electrons. The Labute approximate surface area is 215 Å². The Hall–Kier alpha value is -2.29. The topological polar surface area (TPSA) is 66.0 Å². The number of likely N-dealkylation sites (tertiary alicyclic amines) is 1. The van der Waals surface area contributed by atoms with Crippen molar-refractivity contribution in [2.24, 2.45) is 4.99 Å². The van der Waals surface area contributed by atoms with E-state index in [-0.39, 0.29) is 36.0 Å². The molecule has 1 saturated heterocycles. The van der Waals surface area contributed by atoms with Gasteiger partial charge in [0.05, 0.1) is 6.10 Å². The van der Waals surface area contributed by atoms with Crippen LogP contribution < -0.4 is 15.4 Å². The molecule has 3 rings (SSSR count). The lowest BCUT2D eigenvalue weighted by atomic mass is 10.1. The van der Waals surface area contributed by atoms with E-state index in [1.165, 1.54) is 5.56 Å². The molecule has 7 heteroatoms. The monoisotopic (exact) mass is 564 g/mol. The Morgan fingerprint density at radius 2 is 1.91 bits per heavy atom.